The molecule has 0 heterocycles. The first-order valence-corrected chi connectivity index (χ1v) is 10.4. The Balaban J connectivity index is 2.37. The van der Waals surface area contributed by atoms with Crippen LogP contribution >= 0.6 is 34.8 Å². The van der Waals surface area contributed by atoms with Crippen LogP contribution in [0, 0.1) is 52.2 Å². The number of nitriles is 4. The van der Waals surface area contributed by atoms with Crippen molar-refractivity contribution >= 4 is 77.9 Å². The lowest BCUT2D eigenvalue weighted by atomic mass is 9.83. The molecule has 7 heteroatoms. The van der Waals surface area contributed by atoms with E-state index in [1.165, 1.54) is 18.2 Å². The summed E-state index contributed by atoms with van der Waals surface area (Å²) in [4.78, 5) is 0. The first kappa shape index (κ1) is 20.2. The molecule has 32 heavy (non-hydrogen) atoms. The Hall–Kier alpha value is -3.77. The zero-order valence-electron chi connectivity index (χ0n) is 16.2. The monoisotopic (exact) mass is 468 g/mol. The summed E-state index contributed by atoms with van der Waals surface area (Å²) in [6, 6.07) is 14.8. The summed E-state index contributed by atoms with van der Waals surface area (Å²) >= 11 is 20.1. The largest absolute Gasteiger partial charge is 0.192 e. The standard InChI is InChI=1S/C25H7Cl3N4/c1-10-2-11(6-29)19-12(7-30)4-16(27)22-23-17(28)5-14(9-32)20-13(8-31)3-15(26)21(25(20)23)18(10)24(19)22/h2-5H,1H3. The summed E-state index contributed by atoms with van der Waals surface area (Å²) in [5.41, 5.74) is 1.85. The average molecular weight is 470 g/mol. The van der Waals surface area contributed by atoms with Crippen molar-refractivity contribution in [3.05, 3.63) is 67.2 Å². The molecule has 0 atom stereocenters. The quantitative estimate of drug-likeness (QED) is 0.173. The van der Waals surface area contributed by atoms with Gasteiger partial charge < -0.3 is 0 Å². The van der Waals surface area contributed by atoms with Gasteiger partial charge in [-0.25, -0.2) is 0 Å². The predicted molar refractivity (Wildman–Crippen MR) is 126 cm³/mol. The van der Waals surface area contributed by atoms with E-state index in [9.17, 15) is 21.0 Å². The van der Waals surface area contributed by atoms with Crippen LogP contribution in [-0.2, 0) is 0 Å². The van der Waals surface area contributed by atoms with E-state index in [0.29, 0.717) is 53.7 Å². The molecule has 5 aromatic carbocycles. The maximum absolute atomic E-state index is 9.80. The predicted octanol–water partition coefficient (Wildman–Crippen LogP) is 7.49. The Morgan fingerprint density at radius 2 is 0.781 bits per heavy atom. The zero-order valence-corrected chi connectivity index (χ0v) is 18.5. The van der Waals surface area contributed by atoms with Crippen molar-refractivity contribution in [1.29, 1.82) is 21.0 Å². The highest BCUT2D eigenvalue weighted by Gasteiger charge is 2.26. The molecule has 0 aliphatic carbocycles. The Bertz CT molecular complexity index is 1590. The van der Waals surface area contributed by atoms with Crippen LogP contribution in [-0.4, -0.2) is 0 Å². The molecule has 148 valence electrons. The zero-order chi connectivity index (χ0) is 22.9. The number of benzene rings is 5. The summed E-state index contributed by atoms with van der Waals surface area (Å²) in [5.74, 6) is 0. The van der Waals surface area contributed by atoms with Crippen molar-refractivity contribution in [1.82, 2.24) is 0 Å². The van der Waals surface area contributed by atoms with E-state index >= 15 is 0 Å². The minimum absolute atomic E-state index is 0.249. The van der Waals surface area contributed by atoms with Crippen LogP contribution < -0.4 is 0 Å². The molecule has 0 aromatic heterocycles. The van der Waals surface area contributed by atoms with Crippen molar-refractivity contribution in [3.63, 3.8) is 0 Å². The van der Waals surface area contributed by atoms with Crippen LogP contribution in [0.3, 0.4) is 0 Å². The smallest absolute Gasteiger partial charge is 0.0999 e. The first-order valence-electron chi connectivity index (χ1n) is 9.27. The molecule has 0 saturated carbocycles. The molecule has 0 saturated heterocycles. The third-order valence-corrected chi connectivity index (χ3v) is 6.74. The highest BCUT2D eigenvalue weighted by Crippen LogP contribution is 2.51. The molecule has 0 amide bonds. The SMILES string of the molecule is Cc1cc(C#N)c2c(C#N)cc(Cl)c3c4c(Cl)cc(C#N)c5c(C#N)cc(Cl)c(c1c23)c54. The molecule has 0 N–H and O–H groups in total. The second-order valence-corrected chi connectivity index (χ2v) is 8.63. The van der Waals surface area contributed by atoms with E-state index in [4.69, 9.17) is 34.8 Å². The van der Waals surface area contributed by atoms with Gasteiger partial charge in [0.1, 0.15) is 0 Å². The van der Waals surface area contributed by atoms with E-state index in [2.05, 4.69) is 24.3 Å². The number of fused-ring (bicyclic) bond motifs is 2. The van der Waals surface area contributed by atoms with Crippen molar-refractivity contribution in [2.24, 2.45) is 0 Å². The maximum atomic E-state index is 9.80. The van der Waals surface area contributed by atoms with Crippen LogP contribution in [0.5, 0.6) is 0 Å². The Kier molecular flexibility index (Phi) is 4.32. The van der Waals surface area contributed by atoms with E-state index in [1.807, 2.05) is 6.92 Å². The van der Waals surface area contributed by atoms with Crippen LogP contribution in [0.2, 0.25) is 15.1 Å². The number of halogens is 3. The number of rotatable bonds is 0. The Morgan fingerprint density at radius 1 is 0.469 bits per heavy atom. The fourth-order valence-electron chi connectivity index (χ4n) is 4.72. The van der Waals surface area contributed by atoms with Crippen molar-refractivity contribution in [3.8, 4) is 24.3 Å². The summed E-state index contributed by atoms with van der Waals surface area (Å²) < 4.78 is 0. The summed E-state index contributed by atoms with van der Waals surface area (Å²) in [5, 5.41) is 44.4. The lowest BCUT2D eigenvalue weighted by molar-refractivity contribution is 1.46. The van der Waals surface area contributed by atoms with Gasteiger partial charge in [-0.2, -0.15) is 21.0 Å². The van der Waals surface area contributed by atoms with Gasteiger partial charge in [-0.15, -0.1) is 0 Å². The molecule has 0 radical (unpaired) electrons. The number of nitrogens with zero attached hydrogens (tertiary/aromatic N) is 4. The molecule has 0 aliphatic heterocycles. The fraction of sp³-hybridized carbons (Fsp3) is 0.0400. The molecule has 5 rings (SSSR count). The van der Waals surface area contributed by atoms with Gasteiger partial charge in [0.15, 0.2) is 0 Å². The fourth-order valence-corrected chi connectivity index (χ4v) is 5.61. The highest BCUT2D eigenvalue weighted by molar-refractivity contribution is 6.51. The molecular weight excluding hydrogens is 463 g/mol. The van der Waals surface area contributed by atoms with Gasteiger partial charge in [-0.1, -0.05) is 34.8 Å². The second-order valence-electron chi connectivity index (χ2n) is 7.41. The Morgan fingerprint density at radius 3 is 1.16 bits per heavy atom. The molecule has 0 spiro atoms. The lowest BCUT2D eigenvalue weighted by Gasteiger charge is -2.21. The third-order valence-electron chi connectivity index (χ3n) is 5.84. The number of hydrogen-bond acceptors (Lipinski definition) is 4. The minimum Gasteiger partial charge on any atom is -0.192 e. The maximum Gasteiger partial charge on any atom is 0.0999 e. The minimum atomic E-state index is 0.249. The van der Waals surface area contributed by atoms with Crippen LogP contribution in [0.1, 0.15) is 27.8 Å². The van der Waals surface area contributed by atoms with Crippen molar-refractivity contribution in [2.45, 2.75) is 6.92 Å². The molecular formula is C25H7Cl3N4. The molecule has 0 bridgehead atoms. The van der Waals surface area contributed by atoms with Gasteiger partial charge >= 0.3 is 0 Å². The van der Waals surface area contributed by atoms with Gasteiger partial charge in [0.05, 0.1) is 61.6 Å². The van der Waals surface area contributed by atoms with Crippen LogP contribution in [0.25, 0.3) is 43.1 Å². The van der Waals surface area contributed by atoms with Crippen LogP contribution in [0.4, 0.5) is 0 Å². The molecule has 0 unspecified atom stereocenters. The number of aryl methyl sites for hydroxylation is 1. The molecule has 0 fully saturated rings. The second kappa shape index (κ2) is 6.87. The van der Waals surface area contributed by atoms with Gasteiger partial charge in [0.25, 0.3) is 0 Å². The first-order chi connectivity index (χ1) is 15.4. The van der Waals surface area contributed by atoms with Gasteiger partial charge in [-0.3, -0.25) is 0 Å². The summed E-state index contributed by atoms with van der Waals surface area (Å²) in [7, 11) is 0. The van der Waals surface area contributed by atoms with Gasteiger partial charge in [0.2, 0.25) is 0 Å². The topological polar surface area (TPSA) is 95.2 Å². The van der Waals surface area contributed by atoms with Gasteiger partial charge in [-0.05, 0) is 42.1 Å². The summed E-state index contributed by atoms with van der Waals surface area (Å²) in [6.07, 6.45) is 0. The Labute approximate surface area is 196 Å². The molecule has 0 aliphatic rings. The average Bonchev–Trinajstić information content (AvgIpc) is 2.79. The van der Waals surface area contributed by atoms with E-state index < -0.39 is 0 Å². The molecule has 5 aromatic rings. The molecule has 4 nitrogen and oxygen atoms in total. The van der Waals surface area contributed by atoms with Crippen molar-refractivity contribution < 1.29 is 0 Å². The lowest BCUT2D eigenvalue weighted by Crippen LogP contribution is -1.98. The van der Waals surface area contributed by atoms with E-state index in [0.717, 1.165) is 5.56 Å². The number of hydrogen-bond donors (Lipinski definition) is 0. The van der Waals surface area contributed by atoms with Gasteiger partial charge in [0, 0.05) is 37.7 Å². The highest BCUT2D eigenvalue weighted by atomic mass is 35.5. The third kappa shape index (κ3) is 2.35. The van der Waals surface area contributed by atoms with E-state index in [-0.39, 0.29) is 26.7 Å². The van der Waals surface area contributed by atoms with Crippen LogP contribution in [0.15, 0.2) is 24.3 Å². The van der Waals surface area contributed by atoms with E-state index in [1.54, 1.807) is 6.07 Å². The normalized spacial score (nSPS) is 11.0. The van der Waals surface area contributed by atoms with Crippen molar-refractivity contribution in [2.75, 3.05) is 0 Å². The summed E-state index contributed by atoms with van der Waals surface area (Å²) in [6.45, 7) is 1.84.